The first kappa shape index (κ1) is 14.6. The molecule has 0 aliphatic heterocycles. The van der Waals surface area contributed by atoms with E-state index in [4.69, 9.17) is 34.2 Å². The van der Waals surface area contributed by atoms with E-state index in [1.54, 1.807) is 36.4 Å². The highest BCUT2D eigenvalue weighted by Gasteiger charge is 2.13. The molecule has 22 heavy (non-hydrogen) atoms. The highest BCUT2D eigenvalue weighted by Crippen LogP contribution is 2.35. The van der Waals surface area contributed by atoms with Crippen molar-refractivity contribution in [2.75, 3.05) is 5.73 Å². The van der Waals surface area contributed by atoms with Gasteiger partial charge in [0.2, 0.25) is 0 Å². The molecule has 0 bridgehead atoms. The first-order chi connectivity index (χ1) is 10.6. The molecule has 2 heterocycles. The molecular formula is C16H9Cl2N4. The molecule has 1 aromatic carbocycles. The molecule has 1 radical (unpaired) electrons. The molecule has 0 aliphatic carbocycles. The van der Waals surface area contributed by atoms with Crippen molar-refractivity contribution in [1.82, 2.24) is 9.97 Å². The van der Waals surface area contributed by atoms with Crippen LogP contribution in [0.3, 0.4) is 0 Å². The van der Waals surface area contributed by atoms with E-state index >= 15 is 0 Å². The molecule has 0 atom stereocenters. The number of pyridine rings is 2. The monoisotopic (exact) mass is 327 g/mol. The number of halogens is 2. The smallest absolute Gasteiger partial charge is 0.112 e. The van der Waals surface area contributed by atoms with Gasteiger partial charge in [-0.25, -0.2) is 9.97 Å². The number of benzene rings is 1. The third kappa shape index (κ3) is 2.57. The summed E-state index contributed by atoms with van der Waals surface area (Å²) in [5, 5.41) is 9.70. The minimum Gasteiger partial charge on any atom is -0.397 e. The number of nitrogens with two attached hydrogens (primary N) is 1. The minimum atomic E-state index is 0.448. The zero-order valence-corrected chi connectivity index (χ0v) is 12.7. The molecular weight excluding hydrogens is 319 g/mol. The summed E-state index contributed by atoms with van der Waals surface area (Å²) < 4.78 is 0. The Bertz CT molecular complexity index is 896. The van der Waals surface area contributed by atoms with Gasteiger partial charge in [0.1, 0.15) is 11.9 Å². The van der Waals surface area contributed by atoms with Gasteiger partial charge in [-0.1, -0.05) is 29.3 Å². The number of nitrogens with zero attached hydrogens (tertiary/aromatic N) is 3. The van der Waals surface area contributed by atoms with Gasteiger partial charge in [-0.15, -0.1) is 0 Å². The molecule has 0 unspecified atom stereocenters. The Labute approximate surface area is 137 Å². The fourth-order valence-electron chi connectivity index (χ4n) is 2.16. The Morgan fingerprint density at radius 3 is 2.50 bits per heavy atom. The summed E-state index contributed by atoms with van der Waals surface area (Å²) in [5.41, 5.74) is 9.42. The van der Waals surface area contributed by atoms with Gasteiger partial charge >= 0.3 is 0 Å². The van der Waals surface area contributed by atoms with Crippen LogP contribution in [-0.4, -0.2) is 9.97 Å². The van der Waals surface area contributed by atoms with Crippen LogP contribution in [0.1, 0.15) is 5.69 Å². The third-order valence-electron chi connectivity index (χ3n) is 3.13. The van der Waals surface area contributed by atoms with E-state index in [2.05, 4.69) is 9.97 Å². The van der Waals surface area contributed by atoms with Crippen LogP contribution in [0.25, 0.3) is 22.3 Å². The number of hydrogen-bond acceptors (Lipinski definition) is 4. The lowest BCUT2D eigenvalue weighted by Gasteiger charge is -2.09. The van der Waals surface area contributed by atoms with Gasteiger partial charge in [-0.2, -0.15) is 5.26 Å². The Balaban J connectivity index is 2.22. The highest BCUT2D eigenvalue weighted by molar-refractivity contribution is 6.39. The van der Waals surface area contributed by atoms with E-state index in [1.165, 1.54) is 6.42 Å². The zero-order valence-electron chi connectivity index (χ0n) is 11.2. The molecule has 0 spiro atoms. The zero-order chi connectivity index (χ0) is 15.7. The average molecular weight is 328 g/mol. The number of fused-ring (bicyclic) bond motifs is 1. The number of anilines is 1. The summed E-state index contributed by atoms with van der Waals surface area (Å²) in [6.07, 6.45) is 1.34. The summed E-state index contributed by atoms with van der Waals surface area (Å²) in [4.78, 5) is 8.83. The number of aromatic nitrogens is 2. The predicted octanol–water partition coefficient (Wildman–Crippen LogP) is 4.26. The topological polar surface area (TPSA) is 75.6 Å². The van der Waals surface area contributed by atoms with E-state index in [0.29, 0.717) is 43.7 Å². The summed E-state index contributed by atoms with van der Waals surface area (Å²) in [6, 6.07) is 12.3. The van der Waals surface area contributed by atoms with Crippen molar-refractivity contribution >= 4 is 39.9 Å². The summed E-state index contributed by atoms with van der Waals surface area (Å²) >= 11 is 12.4. The molecule has 107 valence electrons. The summed E-state index contributed by atoms with van der Waals surface area (Å²) in [6.45, 7) is 0. The molecule has 2 aromatic heterocycles. The number of hydrogen-bond donors (Lipinski definition) is 1. The Morgan fingerprint density at radius 2 is 1.82 bits per heavy atom. The van der Waals surface area contributed by atoms with E-state index in [9.17, 15) is 0 Å². The Morgan fingerprint density at radius 1 is 1.09 bits per heavy atom. The lowest BCUT2D eigenvalue weighted by molar-refractivity contribution is 1.27. The van der Waals surface area contributed by atoms with Gasteiger partial charge < -0.3 is 5.73 Å². The number of rotatable bonds is 2. The van der Waals surface area contributed by atoms with E-state index in [1.807, 2.05) is 6.07 Å². The highest BCUT2D eigenvalue weighted by atomic mass is 35.5. The van der Waals surface area contributed by atoms with Crippen molar-refractivity contribution in [2.24, 2.45) is 0 Å². The van der Waals surface area contributed by atoms with Crippen molar-refractivity contribution in [3.63, 3.8) is 0 Å². The van der Waals surface area contributed by atoms with Crippen molar-refractivity contribution in [3.8, 4) is 17.3 Å². The van der Waals surface area contributed by atoms with E-state index in [0.717, 1.165) is 0 Å². The molecule has 2 N–H and O–H groups in total. The maximum Gasteiger partial charge on any atom is 0.112 e. The maximum absolute atomic E-state index is 8.69. The van der Waals surface area contributed by atoms with Crippen molar-refractivity contribution < 1.29 is 0 Å². The van der Waals surface area contributed by atoms with Crippen LogP contribution in [-0.2, 0) is 0 Å². The fourth-order valence-corrected chi connectivity index (χ4v) is 2.76. The van der Waals surface area contributed by atoms with Crippen LogP contribution < -0.4 is 5.73 Å². The van der Waals surface area contributed by atoms with Crippen LogP contribution in [0.4, 0.5) is 5.69 Å². The number of nitriles is 1. The molecule has 6 heteroatoms. The average Bonchev–Trinajstić information content (AvgIpc) is 2.48. The lowest BCUT2D eigenvalue weighted by atomic mass is 10.1. The SMILES string of the molecule is N#C[CH]c1ccc2nc(-c3c(Cl)cccc3Cl)cc(N)c2n1. The van der Waals surface area contributed by atoms with Gasteiger partial charge in [-0.3, -0.25) is 0 Å². The third-order valence-corrected chi connectivity index (χ3v) is 3.76. The standard InChI is InChI=1S/C16H9Cl2N4/c17-10-2-1-3-11(18)15(10)14-8-12(20)16-13(22-14)5-4-9(21-16)6-7-19/h1-6,8H,(H2,20,22). The summed E-state index contributed by atoms with van der Waals surface area (Å²) in [7, 11) is 0. The van der Waals surface area contributed by atoms with Gasteiger partial charge in [0.25, 0.3) is 0 Å². The second-order valence-electron chi connectivity index (χ2n) is 4.57. The first-order valence-electron chi connectivity index (χ1n) is 6.34. The molecule has 0 saturated heterocycles. The van der Waals surface area contributed by atoms with E-state index < -0.39 is 0 Å². The predicted molar refractivity (Wildman–Crippen MR) is 88.4 cm³/mol. The van der Waals surface area contributed by atoms with Gasteiger partial charge in [0.05, 0.1) is 38.7 Å². The molecule has 0 aliphatic rings. The lowest BCUT2D eigenvalue weighted by Crippen LogP contribution is -1.97. The van der Waals surface area contributed by atoms with Gasteiger partial charge in [-0.05, 0) is 30.3 Å². The Hall–Kier alpha value is -2.35. The van der Waals surface area contributed by atoms with Crippen LogP contribution >= 0.6 is 23.2 Å². The summed E-state index contributed by atoms with van der Waals surface area (Å²) in [5.74, 6) is 0. The maximum atomic E-state index is 8.69. The van der Waals surface area contributed by atoms with Crippen LogP contribution in [0, 0.1) is 17.8 Å². The molecule has 3 rings (SSSR count). The molecule has 0 amide bonds. The van der Waals surface area contributed by atoms with E-state index in [-0.39, 0.29) is 0 Å². The van der Waals surface area contributed by atoms with Crippen molar-refractivity contribution in [3.05, 3.63) is 58.6 Å². The van der Waals surface area contributed by atoms with Crippen LogP contribution in [0.5, 0.6) is 0 Å². The normalized spacial score (nSPS) is 10.6. The second-order valence-corrected chi connectivity index (χ2v) is 5.39. The molecule has 3 aromatic rings. The first-order valence-corrected chi connectivity index (χ1v) is 7.10. The molecule has 4 nitrogen and oxygen atoms in total. The van der Waals surface area contributed by atoms with Crippen molar-refractivity contribution in [1.29, 1.82) is 5.26 Å². The minimum absolute atomic E-state index is 0.448. The van der Waals surface area contributed by atoms with Crippen molar-refractivity contribution in [2.45, 2.75) is 0 Å². The Kier molecular flexibility index (Phi) is 3.84. The largest absolute Gasteiger partial charge is 0.397 e. The second kappa shape index (κ2) is 5.80. The van der Waals surface area contributed by atoms with Gasteiger partial charge in [0.15, 0.2) is 0 Å². The molecule has 0 saturated carbocycles. The van der Waals surface area contributed by atoms with Crippen LogP contribution in [0.2, 0.25) is 10.0 Å². The molecule has 0 fully saturated rings. The fraction of sp³-hybridized carbons (Fsp3) is 0. The number of nitrogen functional groups attached to an aromatic ring is 1. The van der Waals surface area contributed by atoms with Gasteiger partial charge in [0, 0.05) is 5.56 Å². The van der Waals surface area contributed by atoms with Crippen LogP contribution in [0.15, 0.2) is 36.4 Å². The quantitative estimate of drug-likeness (QED) is 0.762.